The van der Waals surface area contributed by atoms with Gasteiger partial charge in [0, 0.05) is 12.8 Å². The van der Waals surface area contributed by atoms with E-state index in [9.17, 15) is 19.0 Å². The average molecular weight is 1340 g/mol. The number of ether oxygens (including phenoxy) is 2. The lowest BCUT2D eigenvalue weighted by atomic mass is 10.0. The van der Waals surface area contributed by atoms with Gasteiger partial charge >= 0.3 is 11.9 Å². The highest BCUT2D eigenvalue weighted by Crippen LogP contribution is 2.38. The van der Waals surface area contributed by atoms with Gasteiger partial charge in [-0.15, -0.1) is 0 Å². The Kier molecular flexibility index (Phi) is 73.1. The summed E-state index contributed by atoms with van der Waals surface area (Å²) in [4.78, 5) is 38.2. The Bertz CT molecular complexity index is 1770. The molecule has 0 saturated heterocycles. The second kappa shape index (κ2) is 74.9. The highest BCUT2D eigenvalue weighted by molar-refractivity contribution is 7.45. The number of hydrogen-bond donors (Lipinski definition) is 0. The van der Waals surface area contributed by atoms with Gasteiger partial charge in [-0.3, -0.25) is 14.2 Å². The summed E-state index contributed by atoms with van der Waals surface area (Å²) in [6.07, 6.45) is 101. The van der Waals surface area contributed by atoms with Crippen LogP contribution in [0.25, 0.3) is 0 Å². The number of likely N-dealkylation sites (N-methyl/N-ethyl adjacent to an activating group) is 1. The van der Waals surface area contributed by atoms with Gasteiger partial charge in [0.2, 0.25) is 0 Å². The van der Waals surface area contributed by atoms with Gasteiger partial charge in [0.15, 0.2) is 6.10 Å². The minimum Gasteiger partial charge on any atom is -0.756 e. The van der Waals surface area contributed by atoms with Crippen LogP contribution < -0.4 is 4.89 Å². The highest BCUT2D eigenvalue weighted by atomic mass is 31.2. The molecule has 0 aliphatic carbocycles. The number of esters is 2. The molecule has 9 nitrogen and oxygen atoms in total. The van der Waals surface area contributed by atoms with E-state index in [1.54, 1.807) is 0 Å². The van der Waals surface area contributed by atoms with Crippen LogP contribution in [0.2, 0.25) is 0 Å². The van der Waals surface area contributed by atoms with Gasteiger partial charge < -0.3 is 27.9 Å². The van der Waals surface area contributed by atoms with Crippen molar-refractivity contribution in [3.8, 4) is 0 Å². The molecule has 0 bridgehead atoms. The second-order valence-electron chi connectivity index (χ2n) is 29.1. The van der Waals surface area contributed by atoms with Crippen molar-refractivity contribution in [2.24, 2.45) is 0 Å². The number of rotatable bonds is 77. The predicted molar refractivity (Wildman–Crippen MR) is 407 cm³/mol. The van der Waals surface area contributed by atoms with Crippen molar-refractivity contribution < 1.29 is 42.1 Å². The zero-order valence-corrected chi connectivity index (χ0v) is 64.1. The molecule has 552 valence electrons. The topological polar surface area (TPSA) is 111 Å². The first-order chi connectivity index (χ1) is 46.0. The molecule has 2 unspecified atom stereocenters. The van der Waals surface area contributed by atoms with Crippen molar-refractivity contribution in [2.75, 3.05) is 47.5 Å². The van der Waals surface area contributed by atoms with Crippen molar-refractivity contribution in [3.05, 3.63) is 60.8 Å². The van der Waals surface area contributed by atoms with Crippen LogP contribution in [-0.4, -0.2) is 70.0 Å². The van der Waals surface area contributed by atoms with E-state index in [0.717, 1.165) is 51.4 Å². The molecule has 0 aliphatic heterocycles. The van der Waals surface area contributed by atoms with Crippen molar-refractivity contribution in [3.63, 3.8) is 0 Å². The Balaban J connectivity index is 3.91. The zero-order chi connectivity index (χ0) is 68.3. The number of carbonyl (C=O) groups excluding carboxylic acids is 2. The first kappa shape index (κ1) is 91.7. The Hall–Kier alpha value is -2.29. The molecule has 0 radical (unpaired) electrons. The molecule has 0 heterocycles. The second-order valence-corrected chi connectivity index (χ2v) is 30.5. The smallest absolute Gasteiger partial charge is 0.306 e. The zero-order valence-electron chi connectivity index (χ0n) is 63.2. The van der Waals surface area contributed by atoms with Gasteiger partial charge in [-0.25, -0.2) is 0 Å². The van der Waals surface area contributed by atoms with Crippen molar-refractivity contribution >= 4 is 19.8 Å². The molecular weight excluding hydrogens is 1180 g/mol. The number of phosphoric acid groups is 1. The van der Waals surface area contributed by atoms with Crippen LogP contribution in [-0.2, 0) is 32.7 Å². The summed E-state index contributed by atoms with van der Waals surface area (Å²) in [6, 6.07) is 0. The summed E-state index contributed by atoms with van der Waals surface area (Å²) < 4.78 is 34.4. The van der Waals surface area contributed by atoms with E-state index in [0.29, 0.717) is 17.4 Å². The normalized spacial score (nSPS) is 13.3. The number of carbonyl (C=O) groups is 2. The van der Waals surface area contributed by atoms with Gasteiger partial charge in [-0.1, -0.05) is 376 Å². The molecule has 0 aromatic rings. The fourth-order valence-electron chi connectivity index (χ4n) is 12.2. The molecule has 0 aliphatic rings. The first-order valence-corrected chi connectivity index (χ1v) is 42.5. The number of quaternary nitrogens is 1. The molecule has 10 heteroatoms. The van der Waals surface area contributed by atoms with Crippen molar-refractivity contribution in [1.82, 2.24) is 0 Å². The molecule has 0 aromatic heterocycles. The molecule has 94 heavy (non-hydrogen) atoms. The Morgan fingerprint density at radius 3 is 0.851 bits per heavy atom. The van der Waals surface area contributed by atoms with Gasteiger partial charge in [-0.05, 0) is 83.5 Å². The van der Waals surface area contributed by atoms with E-state index in [1.807, 2.05) is 21.1 Å². The summed E-state index contributed by atoms with van der Waals surface area (Å²) in [5, 5.41) is 0. The van der Waals surface area contributed by atoms with Gasteiger partial charge in [0.25, 0.3) is 7.82 Å². The van der Waals surface area contributed by atoms with E-state index in [2.05, 4.69) is 74.6 Å². The molecule has 0 fully saturated rings. The van der Waals surface area contributed by atoms with Gasteiger partial charge in [-0.2, -0.15) is 0 Å². The number of phosphoric ester groups is 1. The molecule has 0 aromatic carbocycles. The predicted octanol–water partition coefficient (Wildman–Crippen LogP) is 26.7. The van der Waals surface area contributed by atoms with E-state index in [-0.39, 0.29) is 32.0 Å². The maximum absolute atomic E-state index is 12.9. The van der Waals surface area contributed by atoms with Crippen LogP contribution in [0.4, 0.5) is 0 Å². The average Bonchev–Trinajstić information content (AvgIpc) is 1.56. The Morgan fingerprint density at radius 1 is 0.330 bits per heavy atom. The molecule has 2 atom stereocenters. The Morgan fingerprint density at radius 2 is 0.574 bits per heavy atom. The number of hydrogen-bond acceptors (Lipinski definition) is 8. The quantitative estimate of drug-likeness (QED) is 0.0195. The maximum atomic E-state index is 12.9. The SMILES string of the molecule is CCCCCCC/C=C\C/C=C\C/C=C\CCCCCCCCCCCCCCCCCCCCCCCCC(=O)OC(COC(=O)CCCCCCCCCCCCCCCCCCCCCCC/C=C\C/C=C\CCCCCCC)COP(=O)([O-])OCC[N+](C)(C)C. The lowest BCUT2D eigenvalue weighted by Crippen LogP contribution is -2.37. The minimum atomic E-state index is -4.64. The standard InChI is InChI=1S/C84H158NO8P/c1-6-8-10-12-14-16-18-20-22-24-26-28-30-32-34-36-38-40-41-42-43-45-47-49-51-53-55-57-59-61-63-65-67-69-71-73-75-77-84(87)93-82(81-92-94(88,89)91-79-78-85(3,4)5)80-90-83(86)76-74-72-70-68-66-64-62-60-58-56-54-52-50-48-46-44-39-37-35-33-31-29-27-25-23-21-19-17-15-13-11-9-7-2/h18-21,24-27,30,32,82H,6-17,22-23,28-29,31,33-81H2,1-5H3/b20-18-,21-19-,26-24-,27-25-,32-30-. The fourth-order valence-corrected chi connectivity index (χ4v) is 13.0. The largest absolute Gasteiger partial charge is 0.756 e. The number of nitrogens with zero attached hydrogens (tertiary/aromatic N) is 1. The molecule has 0 saturated carbocycles. The van der Waals surface area contributed by atoms with E-state index >= 15 is 0 Å². The van der Waals surface area contributed by atoms with Gasteiger partial charge in [0.1, 0.15) is 19.8 Å². The third kappa shape index (κ3) is 78.7. The van der Waals surface area contributed by atoms with Crippen LogP contribution in [0.3, 0.4) is 0 Å². The molecule has 0 amide bonds. The maximum Gasteiger partial charge on any atom is 0.306 e. The van der Waals surface area contributed by atoms with Crippen LogP contribution in [0.1, 0.15) is 412 Å². The van der Waals surface area contributed by atoms with Crippen molar-refractivity contribution in [2.45, 2.75) is 418 Å². The molecule has 0 rings (SSSR count). The summed E-state index contributed by atoms with van der Waals surface area (Å²) in [6.45, 7) is 4.29. The fraction of sp³-hybridized carbons (Fsp3) is 0.857. The van der Waals surface area contributed by atoms with E-state index < -0.39 is 26.5 Å². The number of allylic oxidation sites excluding steroid dienone is 10. The first-order valence-electron chi connectivity index (χ1n) is 41.0. The summed E-state index contributed by atoms with van der Waals surface area (Å²) in [5.41, 5.74) is 0. The third-order valence-corrected chi connectivity index (χ3v) is 19.5. The minimum absolute atomic E-state index is 0.0285. The monoisotopic (exact) mass is 1340 g/mol. The molecule has 0 spiro atoms. The van der Waals surface area contributed by atoms with Gasteiger partial charge in [0.05, 0.1) is 27.7 Å². The van der Waals surface area contributed by atoms with Crippen molar-refractivity contribution in [1.29, 1.82) is 0 Å². The van der Waals surface area contributed by atoms with E-state index in [4.69, 9.17) is 18.5 Å². The molecule has 0 N–H and O–H groups in total. The summed E-state index contributed by atoms with van der Waals surface area (Å²) in [7, 11) is 1.19. The number of unbranched alkanes of at least 4 members (excludes halogenated alkanes) is 53. The van der Waals surface area contributed by atoms with Crippen LogP contribution in [0.5, 0.6) is 0 Å². The summed E-state index contributed by atoms with van der Waals surface area (Å²) in [5.74, 6) is -0.810. The van der Waals surface area contributed by atoms with Crippen LogP contribution >= 0.6 is 7.82 Å². The lowest BCUT2D eigenvalue weighted by molar-refractivity contribution is -0.870. The van der Waals surface area contributed by atoms with E-state index in [1.165, 1.54) is 327 Å². The molecular formula is C84H158NO8P. The third-order valence-electron chi connectivity index (χ3n) is 18.5. The Labute approximate surface area is 585 Å². The van der Waals surface area contributed by atoms with Crippen LogP contribution in [0.15, 0.2) is 60.8 Å². The lowest BCUT2D eigenvalue weighted by Gasteiger charge is -2.28. The van der Waals surface area contributed by atoms with Crippen LogP contribution in [0, 0.1) is 0 Å². The summed E-state index contributed by atoms with van der Waals surface area (Å²) >= 11 is 0. The highest BCUT2D eigenvalue weighted by Gasteiger charge is 2.22.